The average molecular weight is 296 g/mol. The molecular weight excluding hydrogens is 276 g/mol. The largest absolute Gasteiger partial charge is 0.272 e. The van der Waals surface area contributed by atoms with Gasteiger partial charge in [-0.2, -0.15) is 0 Å². The van der Waals surface area contributed by atoms with Crippen molar-refractivity contribution in [1.29, 1.82) is 0 Å². The van der Waals surface area contributed by atoms with Crippen LogP contribution >= 0.6 is 23.9 Å². The van der Waals surface area contributed by atoms with Crippen LogP contribution in [0.5, 0.6) is 0 Å². The van der Waals surface area contributed by atoms with Gasteiger partial charge in [0.25, 0.3) is 5.91 Å². The molecule has 1 amide bonds. The van der Waals surface area contributed by atoms with Crippen LogP contribution in [-0.2, 0) is 4.79 Å². The number of rotatable bonds is 5. The highest BCUT2D eigenvalue weighted by molar-refractivity contribution is 8.01. The number of carbonyl (C=O) groups excluding carboxylic acids is 1. The van der Waals surface area contributed by atoms with Crippen molar-refractivity contribution in [2.45, 2.75) is 37.1 Å². The van der Waals surface area contributed by atoms with E-state index in [1.54, 1.807) is 11.8 Å². The molecule has 0 aromatic heterocycles. The SMILES string of the molecule is CCCC1(C)C(=O)N(CSc2ccccc2)SN1C. The summed E-state index contributed by atoms with van der Waals surface area (Å²) in [6.07, 6.45) is 1.93. The van der Waals surface area contributed by atoms with Gasteiger partial charge >= 0.3 is 0 Å². The zero-order valence-corrected chi connectivity index (χ0v) is 13.3. The Morgan fingerprint density at radius 1 is 1.32 bits per heavy atom. The fourth-order valence-electron chi connectivity index (χ4n) is 2.16. The van der Waals surface area contributed by atoms with E-state index in [0.717, 1.165) is 12.8 Å². The number of benzene rings is 1. The van der Waals surface area contributed by atoms with E-state index >= 15 is 0 Å². The highest BCUT2D eigenvalue weighted by Crippen LogP contribution is 2.40. The Balaban J connectivity index is 1.98. The number of amides is 1. The second kappa shape index (κ2) is 6.20. The average Bonchev–Trinajstić information content (AvgIpc) is 2.63. The number of nitrogens with zero attached hydrogens (tertiary/aromatic N) is 2. The first kappa shape index (κ1) is 14.8. The molecular formula is C14H20N2OS2. The van der Waals surface area contributed by atoms with Gasteiger partial charge in [-0.05, 0) is 25.5 Å². The summed E-state index contributed by atoms with van der Waals surface area (Å²) in [5.41, 5.74) is -0.351. The predicted molar refractivity (Wildman–Crippen MR) is 82.7 cm³/mol. The van der Waals surface area contributed by atoms with Gasteiger partial charge in [0, 0.05) is 24.1 Å². The van der Waals surface area contributed by atoms with Crippen LogP contribution in [0.3, 0.4) is 0 Å². The standard InChI is InChI=1S/C14H20N2OS2/c1-4-10-14(2)13(17)16(19-15(14)3)11-18-12-8-6-5-7-9-12/h5-9H,4,10-11H2,1-3H3. The number of hydrogen-bond donors (Lipinski definition) is 0. The molecule has 1 aliphatic rings. The highest BCUT2D eigenvalue weighted by Gasteiger charge is 2.47. The molecule has 0 aliphatic carbocycles. The monoisotopic (exact) mass is 296 g/mol. The van der Waals surface area contributed by atoms with Crippen molar-refractivity contribution in [2.24, 2.45) is 0 Å². The molecule has 1 aliphatic heterocycles. The Morgan fingerprint density at radius 3 is 2.63 bits per heavy atom. The lowest BCUT2D eigenvalue weighted by molar-refractivity contribution is -0.131. The van der Waals surface area contributed by atoms with Crippen molar-refractivity contribution in [3.63, 3.8) is 0 Å². The number of hydrogen-bond acceptors (Lipinski definition) is 4. The van der Waals surface area contributed by atoms with Crippen LogP contribution in [0.1, 0.15) is 26.7 Å². The molecule has 104 valence electrons. The van der Waals surface area contributed by atoms with Crippen LogP contribution in [0.15, 0.2) is 35.2 Å². The van der Waals surface area contributed by atoms with Gasteiger partial charge in [-0.25, -0.2) is 4.31 Å². The molecule has 19 heavy (non-hydrogen) atoms. The third-order valence-corrected chi connectivity index (χ3v) is 5.73. The van der Waals surface area contributed by atoms with E-state index in [0.29, 0.717) is 5.88 Å². The topological polar surface area (TPSA) is 23.6 Å². The molecule has 3 nitrogen and oxygen atoms in total. The zero-order chi connectivity index (χ0) is 13.9. The predicted octanol–water partition coefficient (Wildman–Crippen LogP) is 3.63. The summed E-state index contributed by atoms with van der Waals surface area (Å²) in [4.78, 5) is 13.7. The van der Waals surface area contributed by atoms with Crippen molar-refractivity contribution in [3.05, 3.63) is 30.3 Å². The molecule has 1 saturated heterocycles. The maximum absolute atomic E-state index is 12.5. The number of carbonyl (C=O) groups is 1. The molecule has 1 atom stereocenters. The van der Waals surface area contributed by atoms with Gasteiger partial charge in [0.2, 0.25) is 0 Å². The molecule has 1 aromatic rings. The lowest BCUT2D eigenvalue weighted by atomic mass is 9.95. The van der Waals surface area contributed by atoms with Gasteiger partial charge in [-0.1, -0.05) is 31.5 Å². The Hall–Kier alpha value is -0.650. The Labute approximate surface area is 124 Å². The second-order valence-electron chi connectivity index (χ2n) is 4.87. The third kappa shape index (κ3) is 3.09. The molecule has 0 bridgehead atoms. The van der Waals surface area contributed by atoms with E-state index in [2.05, 4.69) is 23.4 Å². The Morgan fingerprint density at radius 2 is 2.00 bits per heavy atom. The van der Waals surface area contributed by atoms with Crippen LogP contribution in [0.2, 0.25) is 0 Å². The van der Waals surface area contributed by atoms with Gasteiger partial charge < -0.3 is 0 Å². The van der Waals surface area contributed by atoms with Gasteiger partial charge in [0.1, 0.15) is 5.54 Å². The van der Waals surface area contributed by atoms with Crippen molar-refractivity contribution in [2.75, 3.05) is 12.9 Å². The lowest BCUT2D eigenvalue weighted by Crippen LogP contribution is -2.44. The minimum Gasteiger partial charge on any atom is -0.272 e. The van der Waals surface area contributed by atoms with Crippen LogP contribution in [-0.4, -0.2) is 33.0 Å². The smallest absolute Gasteiger partial charge is 0.255 e. The summed E-state index contributed by atoms with van der Waals surface area (Å²) < 4.78 is 3.96. The molecule has 2 rings (SSSR count). The summed E-state index contributed by atoms with van der Waals surface area (Å²) in [7, 11) is 2.01. The minimum absolute atomic E-state index is 0.227. The molecule has 0 radical (unpaired) electrons. The molecule has 0 spiro atoms. The first-order valence-electron chi connectivity index (χ1n) is 6.49. The van der Waals surface area contributed by atoms with E-state index in [1.165, 1.54) is 17.0 Å². The first-order chi connectivity index (χ1) is 9.08. The van der Waals surface area contributed by atoms with Gasteiger partial charge in [-0.15, -0.1) is 11.8 Å². The maximum Gasteiger partial charge on any atom is 0.255 e. The molecule has 1 aromatic carbocycles. The fourth-order valence-corrected chi connectivity index (χ4v) is 4.16. The molecule has 0 N–H and O–H groups in total. The quantitative estimate of drug-likeness (QED) is 0.611. The van der Waals surface area contributed by atoms with E-state index in [4.69, 9.17) is 0 Å². The molecule has 1 unspecified atom stereocenters. The van der Waals surface area contributed by atoms with E-state index in [1.807, 2.05) is 36.5 Å². The molecule has 0 saturated carbocycles. The fraction of sp³-hybridized carbons (Fsp3) is 0.500. The molecule has 1 heterocycles. The summed E-state index contributed by atoms with van der Waals surface area (Å²) in [5.74, 6) is 0.919. The normalized spacial score (nSPS) is 24.2. The van der Waals surface area contributed by atoms with Crippen LogP contribution in [0.4, 0.5) is 0 Å². The van der Waals surface area contributed by atoms with E-state index in [-0.39, 0.29) is 11.4 Å². The van der Waals surface area contributed by atoms with Crippen LogP contribution in [0, 0.1) is 0 Å². The first-order valence-corrected chi connectivity index (χ1v) is 8.21. The van der Waals surface area contributed by atoms with Gasteiger partial charge in [0.15, 0.2) is 0 Å². The summed E-state index contributed by atoms with van der Waals surface area (Å²) in [6, 6.07) is 10.2. The van der Waals surface area contributed by atoms with Crippen molar-refractivity contribution in [1.82, 2.24) is 8.61 Å². The Kier molecular flexibility index (Phi) is 4.81. The number of likely N-dealkylation sites (N-methyl/N-ethyl adjacent to an activating group) is 1. The van der Waals surface area contributed by atoms with E-state index in [9.17, 15) is 4.79 Å². The van der Waals surface area contributed by atoms with Crippen molar-refractivity contribution in [3.8, 4) is 0 Å². The van der Waals surface area contributed by atoms with Gasteiger partial charge in [0.05, 0.1) is 5.88 Å². The van der Waals surface area contributed by atoms with Crippen LogP contribution < -0.4 is 0 Å². The summed E-state index contributed by atoms with van der Waals surface area (Å²) >= 11 is 3.24. The summed E-state index contributed by atoms with van der Waals surface area (Å²) in [6.45, 7) is 4.16. The lowest BCUT2D eigenvalue weighted by Gasteiger charge is -2.26. The van der Waals surface area contributed by atoms with Crippen molar-refractivity contribution >= 4 is 29.8 Å². The highest BCUT2D eigenvalue weighted by atomic mass is 32.2. The summed E-state index contributed by atoms with van der Waals surface area (Å²) in [5, 5.41) is 0. The molecule has 5 heteroatoms. The zero-order valence-electron chi connectivity index (χ0n) is 11.6. The minimum atomic E-state index is -0.351. The van der Waals surface area contributed by atoms with Crippen molar-refractivity contribution < 1.29 is 4.79 Å². The third-order valence-electron chi connectivity index (χ3n) is 3.43. The van der Waals surface area contributed by atoms with E-state index < -0.39 is 0 Å². The Bertz CT molecular complexity index is 440. The molecule has 1 fully saturated rings. The van der Waals surface area contributed by atoms with Crippen LogP contribution in [0.25, 0.3) is 0 Å². The number of thioether (sulfide) groups is 1. The second-order valence-corrected chi connectivity index (χ2v) is 7.04. The maximum atomic E-state index is 12.5. The van der Waals surface area contributed by atoms with Gasteiger partial charge in [-0.3, -0.25) is 9.10 Å².